The number of hydrogen-bond donors (Lipinski definition) is 0. The lowest BCUT2D eigenvalue weighted by molar-refractivity contribution is 0.0342. The van der Waals surface area contributed by atoms with Crippen LogP contribution in [0.4, 0.5) is 0 Å². The molecule has 2 aliphatic rings. The Bertz CT molecular complexity index is 395. The van der Waals surface area contributed by atoms with Gasteiger partial charge in [0.25, 0.3) is 0 Å². The van der Waals surface area contributed by atoms with Crippen LogP contribution >= 0.6 is 11.8 Å². The van der Waals surface area contributed by atoms with E-state index < -0.39 is 0 Å². The first-order valence-corrected chi connectivity index (χ1v) is 8.07. The fourth-order valence-electron chi connectivity index (χ4n) is 2.87. The fourth-order valence-corrected chi connectivity index (χ4v) is 3.81. The van der Waals surface area contributed by atoms with Crippen LogP contribution in [0.3, 0.4) is 0 Å². The van der Waals surface area contributed by atoms with Crippen molar-refractivity contribution in [3.63, 3.8) is 0 Å². The summed E-state index contributed by atoms with van der Waals surface area (Å²) in [6.07, 6.45) is 0. The maximum absolute atomic E-state index is 2.69. The molecule has 0 bridgehead atoms. The van der Waals surface area contributed by atoms with Gasteiger partial charge in [-0.3, -0.25) is 9.80 Å². The number of nitrogens with zero attached hydrogens (tertiary/aromatic N) is 2. The topological polar surface area (TPSA) is 6.48 Å². The van der Waals surface area contributed by atoms with Crippen molar-refractivity contribution in [1.82, 2.24) is 9.80 Å². The second-order valence-electron chi connectivity index (χ2n) is 5.42. The van der Waals surface area contributed by atoms with Gasteiger partial charge in [-0.1, -0.05) is 24.3 Å². The summed E-state index contributed by atoms with van der Waals surface area (Å²) in [6, 6.07) is 9.59. The molecule has 2 heterocycles. The van der Waals surface area contributed by atoms with Crippen molar-refractivity contribution >= 4 is 11.8 Å². The molecule has 0 saturated carbocycles. The van der Waals surface area contributed by atoms with Gasteiger partial charge < -0.3 is 0 Å². The highest BCUT2D eigenvalue weighted by Gasteiger charge is 2.32. The van der Waals surface area contributed by atoms with E-state index in [0.29, 0.717) is 0 Å². The Morgan fingerprint density at radius 3 is 2.61 bits per heavy atom. The van der Waals surface area contributed by atoms with Crippen LogP contribution in [0.5, 0.6) is 0 Å². The average molecular weight is 262 g/mol. The standard InChI is InChI=1S/C15H22N2S/c1-13-4-2-3-5-14(13)10-16-11-15(12-16)17-6-8-18-9-7-17/h2-5,15H,6-12H2,1H3. The number of likely N-dealkylation sites (tertiary alicyclic amines) is 1. The van der Waals surface area contributed by atoms with Crippen LogP contribution in [0, 0.1) is 6.92 Å². The van der Waals surface area contributed by atoms with Crippen molar-refractivity contribution in [2.75, 3.05) is 37.7 Å². The van der Waals surface area contributed by atoms with E-state index >= 15 is 0 Å². The second-order valence-corrected chi connectivity index (χ2v) is 6.65. The predicted octanol–water partition coefficient (Wildman–Crippen LogP) is 2.23. The van der Waals surface area contributed by atoms with Crippen LogP contribution in [0.15, 0.2) is 24.3 Å². The molecule has 0 unspecified atom stereocenters. The van der Waals surface area contributed by atoms with E-state index in [1.54, 1.807) is 0 Å². The van der Waals surface area contributed by atoms with Crippen LogP contribution in [-0.2, 0) is 6.54 Å². The zero-order valence-electron chi connectivity index (χ0n) is 11.1. The lowest BCUT2D eigenvalue weighted by atomic mass is 10.0. The second kappa shape index (κ2) is 5.64. The molecule has 2 aliphatic heterocycles. The first kappa shape index (κ1) is 12.5. The largest absolute Gasteiger partial charge is 0.296 e. The zero-order valence-corrected chi connectivity index (χ0v) is 12.0. The highest BCUT2D eigenvalue weighted by atomic mass is 32.2. The Kier molecular flexibility index (Phi) is 3.92. The van der Waals surface area contributed by atoms with Gasteiger partial charge in [-0.2, -0.15) is 11.8 Å². The Hall–Kier alpha value is -0.510. The van der Waals surface area contributed by atoms with Gasteiger partial charge in [-0.25, -0.2) is 0 Å². The normalized spacial score (nSPS) is 22.9. The lowest BCUT2D eigenvalue weighted by Crippen LogP contribution is -2.60. The summed E-state index contributed by atoms with van der Waals surface area (Å²) < 4.78 is 0. The maximum Gasteiger partial charge on any atom is 0.0351 e. The van der Waals surface area contributed by atoms with Crippen LogP contribution in [0.2, 0.25) is 0 Å². The summed E-state index contributed by atoms with van der Waals surface area (Å²) in [4.78, 5) is 5.26. The van der Waals surface area contributed by atoms with Crippen LogP contribution in [-0.4, -0.2) is 53.5 Å². The molecule has 0 radical (unpaired) electrons. The molecule has 0 aromatic heterocycles. The van der Waals surface area contributed by atoms with Crippen molar-refractivity contribution in [3.05, 3.63) is 35.4 Å². The van der Waals surface area contributed by atoms with Gasteiger partial charge in [0.2, 0.25) is 0 Å². The van der Waals surface area contributed by atoms with Gasteiger partial charge in [-0.05, 0) is 18.1 Å². The highest BCUT2D eigenvalue weighted by molar-refractivity contribution is 7.99. The number of benzene rings is 1. The molecule has 0 spiro atoms. The van der Waals surface area contributed by atoms with Crippen molar-refractivity contribution in [2.45, 2.75) is 19.5 Å². The summed E-state index contributed by atoms with van der Waals surface area (Å²) >= 11 is 2.10. The van der Waals surface area contributed by atoms with Gasteiger partial charge in [-0.15, -0.1) is 0 Å². The van der Waals surface area contributed by atoms with Gasteiger partial charge in [0.15, 0.2) is 0 Å². The van der Waals surface area contributed by atoms with Crippen molar-refractivity contribution in [2.24, 2.45) is 0 Å². The van der Waals surface area contributed by atoms with Gasteiger partial charge in [0, 0.05) is 50.3 Å². The smallest absolute Gasteiger partial charge is 0.0351 e. The van der Waals surface area contributed by atoms with E-state index in [1.807, 2.05) is 0 Å². The zero-order chi connectivity index (χ0) is 12.4. The summed E-state index contributed by atoms with van der Waals surface area (Å²) in [5, 5.41) is 0. The molecule has 98 valence electrons. The van der Waals surface area contributed by atoms with Crippen molar-refractivity contribution in [1.29, 1.82) is 0 Å². The molecule has 1 aromatic rings. The third kappa shape index (κ3) is 2.73. The number of aryl methyl sites for hydroxylation is 1. The maximum atomic E-state index is 2.69. The van der Waals surface area contributed by atoms with Crippen molar-refractivity contribution in [3.8, 4) is 0 Å². The average Bonchev–Trinajstić information content (AvgIpc) is 2.36. The Labute approximate surface area is 114 Å². The molecule has 3 rings (SSSR count). The third-order valence-corrected chi connectivity index (χ3v) is 5.10. The third-order valence-electron chi connectivity index (χ3n) is 4.16. The summed E-state index contributed by atoms with van der Waals surface area (Å²) in [6.45, 7) is 8.47. The van der Waals surface area contributed by atoms with Crippen LogP contribution in [0.25, 0.3) is 0 Å². The SMILES string of the molecule is Cc1ccccc1CN1CC(N2CCSCC2)C1. The van der Waals surface area contributed by atoms with E-state index in [0.717, 1.165) is 12.6 Å². The van der Waals surface area contributed by atoms with Crippen LogP contribution < -0.4 is 0 Å². The minimum absolute atomic E-state index is 0.829. The molecule has 0 N–H and O–H groups in total. The Morgan fingerprint density at radius 1 is 1.17 bits per heavy atom. The minimum atomic E-state index is 0.829. The van der Waals surface area contributed by atoms with Gasteiger partial charge in [0.1, 0.15) is 0 Å². The predicted molar refractivity (Wildman–Crippen MR) is 79.1 cm³/mol. The van der Waals surface area contributed by atoms with Crippen LogP contribution in [0.1, 0.15) is 11.1 Å². The number of hydrogen-bond acceptors (Lipinski definition) is 3. The van der Waals surface area contributed by atoms with E-state index in [4.69, 9.17) is 0 Å². The molecule has 2 nitrogen and oxygen atoms in total. The first-order valence-electron chi connectivity index (χ1n) is 6.91. The summed E-state index contributed by atoms with van der Waals surface area (Å²) in [5.41, 5.74) is 2.92. The molecular weight excluding hydrogens is 240 g/mol. The molecule has 2 saturated heterocycles. The summed E-state index contributed by atoms with van der Waals surface area (Å²) in [5.74, 6) is 2.66. The molecule has 1 aromatic carbocycles. The van der Waals surface area contributed by atoms with Gasteiger partial charge >= 0.3 is 0 Å². The molecule has 0 atom stereocenters. The molecule has 3 heteroatoms. The Balaban J connectivity index is 1.49. The van der Waals surface area contributed by atoms with Gasteiger partial charge in [0.05, 0.1) is 0 Å². The van der Waals surface area contributed by atoms with E-state index in [-0.39, 0.29) is 0 Å². The molecule has 2 fully saturated rings. The van der Waals surface area contributed by atoms with E-state index in [9.17, 15) is 0 Å². The van der Waals surface area contributed by atoms with E-state index in [2.05, 4.69) is 52.8 Å². The van der Waals surface area contributed by atoms with Crippen molar-refractivity contribution < 1.29 is 0 Å². The monoisotopic (exact) mass is 262 g/mol. The molecular formula is C15H22N2S. The first-order chi connectivity index (χ1) is 8.83. The molecule has 18 heavy (non-hydrogen) atoms. The molecule has 0 aliphatic carbocycles. The highest BCUT2D eigenvalue weighted by Crippen LogP contribution is 2.22. The summed E-state index contributed by atoms with van der Waals surface area (Å²) in [7, 11) is 0. The van der Waals surface area contributed by atoms with E-state index in [1.165, 1.54) is 48.8 Å². The lowest BCUT2D eigenvalue weighted by Gasteiger charge is -2.46. The Morgan fingerprint density at radius 2 is 1.89 bits per heavy atom. The quantitative estimate of drug-likeness (QED) is 0.825. The fraction of sp³-hybridized carbons (Fsp3) is 0.600. The minimum Gasteiger partial charge on any atom is -0.296 e. The number of rotatable bonds is 3. The number of thioether (sulfide) groups is 1. The molecule has 0 amide bonds.